The standard InChI is InChI=1S/C32H47NO3Si/c1-10-11-23-32(29(34)36-30(2,3)4,24-18-25-35-37(8,9)31(5,6)7)33-28(26-19-14-12-15-20-26)27-21-16-13-17-22-27/h10-17,19-22H,18,23-25H2,1-9H3/b11-10+. The first-order valence-electron chi connectivity index (χ1n) is 13.4. The van der Waals surface area contributed by atoms with Gasteiger partial charge in [0.05, 0.1) is 5.71 Å². The number of carbonyl (C=O) groups is 1. The largest absolute Gasteiger partial charge is 0.458 e. The van der Waals surface area contributed by atoms with Gasteiger partial charge in [-0.3, -0.25) is 4.99 Å². The maximum absolute atomic E-state index is 13.9. The van der Waals surface area contributed by atoms with Crippen LogP contribution < -0.4 is 0 Å². The third-order valence-electron chi connectivity index (χ3n) is 6.89. The Morgan fingerprint density at radius 3 is 1.84 bits per heavy atom. The zero-order chi connectivity index (χ0) is 27.7. The van der Waals surface area contributed by atoms with Gasteiger partial charge in [0.25, 0.3) is 0 Å². The smallest absolute Gasteiger partial charge is 0.334 e. The molecule has 0 fully saturated rings. The van der Waals surface area contributed by atoms with Crippen LogP contribution in [-0.4, -0.2) is 37.7 Å². The maximum atomic E-state index is 13.9. The Kier molecular flexibility index (Phi) is 10.7. The SMILES string of the molecule is C/C=C/CC(CCCO[Si](C)(C)C(C)(C)C)(N=C(c1ccccc1)c1ccccc1)C(=O)OC(C)(C)C. The van der Waals surface area contributed by atoms with Crippen LogP contribution in [0.3, 0.4) is 0 Å². The van der Waals surface area contributed by atoms with Gasteiger partial charge in [-0.15, -0.1) is 0 Å². The van der Waals surface area contributed by atoms with E-state index in [0.29, 0.717) is 25.9 Å². The van der Waals surface area contributed by atoms with Crippen LogP contribution in [0.2, 0.25) is 18.1 Å². The molecule has 2 rings (SSSR count). The zero-order valence-corrected chi connectivity index (χ0v) is 25.4. The van der Waals surface area contributed by atoms with Gasteiger partial charge in [-0.05, 0) is 58.7 Å². The number of hydrogen-bond acceptors (Lipinski definition) is 4. The summed E-state index contributed by atoms with van der Waals surface area (Å²) in [6, 6.07) is 20.2. The predicted molar refractivity (Wildman–Crippen MR) is 159 cm³/mol. The fraction of sp³-hybridized carbons (Fsp3) is 0.500. The van der Waals surface area contributed by atoms with Crippen molar-refractivity contribution in [1.82, 2.24) is 0 Å². The number of benzene rings is 2. The van der Waals surface area contributed by atoms with E-state index in [0.717, 1.165) is 16.8 Å². The van der Waals surface area contributed by atoms with Gasteiger partial charge in [0, 0.05) is 24.2 Å². The molecule has 0 aliphatic carbocycles. The molecule has 0 aliphatic rings. The van der Waals surface area contributed by atoms with Crippen molar-refractivity contribution in [1.29, 1.82) is 0 Å². The Morgan fingerprint density at radius 2 is 1.41 bits per heavy atom. The lowest BCUT2D eigenvalue weighted by atomic mass is 9.88. The second kappa shape index (κ2) is 12.8. The summed E-state index contributed by atoms with van der Waals surface area (Å²) in [5.74, 6) is -0.296. The van der Waals surface area contributed by atoms with Crippen molar-refractivity contribution in [3.63, 3.8) is 0 Å². The summed E-state index contributed by atoms with van der Waals surface area (Å²) >= 11 is 0. The zero-order valence-electron chi connectivity index (χ0n) is 24.4. The molecule has 0 aliphatic heterocycles. The number of carbonyl (C=O) groups excluding carboxylic acids is 1. The Morgan fingerprint density at radius 1 is 0.892 bits per heavy atom. The van der Waals surface area contributed by atoms with Gasteiger partial charge < -0.3 is 9.16 Å². The average molecular weight is 522 g/mol. The average Bonchev–Trinajstić information content (AvgIpc) is 2.82. The molecule has 37 heavy (non-hydrogen) atoms. The molecule has 2 aromatic carbocycles. The molecule has 1 atom stereocenters. The predicted octanol–water partition coefficient (Wildman–Crippen LogP) is 8.37. The third-order valence-corrected chi connectivity index (χ3v) is 11.4. The summed E-state index contributed by atoms with van der Waals surface area (Å²) in [5, 5.41) is 0.131. The fourth-order valence-electron chi connectivity index (χ4n) is 3.73. The monoisotopic (exact) mass is 521 g/mol. The first-order chi connectivity index (χ1) is 17.2. The Hall–Kier alpha value is -2.50. The fourth-order valence-corrected chi connectivity index (χ4v) is 4.82. The highest BCUT2D eigenvalue weighted by atomic mass is 28.4. The molecule has 4 nitrogen and oxygen atoms in total. The van der Waals surface area contributed by atoms with E-state index < -0.39 is 19.5 Å². The van der Waals surface area contributed by atoms with Crippen molar-refractivity contribution in [2.75, 3.05) is 6.61 Å². The van der Waals surface area contributed by atoms with E-state index in [1.807, 2.05) is 101 Å². The molecule has 0 amide bonds. The van der Waals surface area contributed by atoms with E-state index in [-0.39, 0.29) is 11.0 Å². The minimum absolute atomic E-state index is 0.131. The Balaban J connectivity index is 2.59. The molecular weight excluding hydrogens is 474 g/mol. The Bertz CT molecular complexity index is 1010. The van der Waals surface area contributed by atoms with Crippen molar-refractivity contribution >= 4 is 20.0 Å². The molecule has 0 saturated carbocycles. The topological polar surface area (TPSA) is 47.9 Å². The first-order valence-corrected chi connectivity index (χ1v) is 16.3. The van der Waals surface area contributed by atoms with Gasteiger partial charge in [0.15, 0.2) is 13.9 Å². The minimum atomic E-state index is -1.90. The molecule has 0 spiro atoms. The van der Waals surface area contributed by atoms with Crippen molar-refractivity contribution in [3.8, 4) is 0 Å². The van der Waals surface area contributed by atoms with Crippen LogP contribution >= 0.6 is 0 Å². The lowest BCUT2D eigenvalue weighted by Crippen LogP contribution is -2.44. The molecule has 0 saturated heterocycles. The lowest BCUT2D eigenvalue weighted by molar-refractivity contribution is -0.161. The van der Waals surface area contributed by atoms with E-state index in [4.69, 9.17) is 14.2 Å². The van der Waals surface area contributed by atoms with E-state index in [1.165, 1.54) is 0 Å². The molecular formula is C32H47NO3Si. The van der Waals surface area contributed by atoms with Crippen molar-refractivity contribution in [3.05, 3.63) is 83.9 Å². The lowest BCUT2D eigenvalue weighted by Gasteiger charge is -2.37. The molecule has 1 unspecified atom stereocenters. The molecule has 5 heteroatoms. The summed E-state index contributed by atoms with van der Waals surface area (Å²) in [6.07, 6.45) is 5.70. The van der Waals surface area contributed by atoms with Gasteiger partial charge in [0.2, 0.25) is 0 Å². The maximum Gasteiger partial charge on any atom is 0.334 e. The summed E-state index contributed by atoms with van der Waals surface area (Å²) in [4.78, 5) is 19.2. The number of aliphatic imine (C=N–C) groups is 1. The number of allylic oxidation sites excluding steroid dienone is 1. The summed E-state index contributed by atoms with van der Waals surface area (Å²) in [7, 11) is -1.90. The highest BCUT2D eigenvalue weighted by Crippen LogP contribution is 2.37. The van der Waals surface area contributed by atoms with Crippen LogP contribution in [0, 0.1) is 0 Å². The second-order valence-electron chi connectivity index (χ2n) is 12.2. The van der Waals surface area contributed by atoms with Crippen LogP contribution in [0.25, 0.3) is 0 Å². The number of rotatable bonds is 11. The van der Waals surface area contributed by atoms with Gasteiger partial charge in [0.1, 0.15) is 5.60 Å². The number of nitrogens with zero attached hydrogens (tertiary/aromatic N) is 1. The normalized spacial score (nSPS) is 14.3. The molecule has 0 aromatic heterocycles. The van der Waals surface area contributed by atoms with Crippen LogP contribution in [0.1, 0.15) is 78.9 Å². The molecule has 202 valence electrons. The molecule has 0 heterocycles. The van der Waals surface area contributed by atoms with E-state index in [2.05, 4.69) is 33.9 Å². The van der Waals surface area contributed by atoms with Crippen LogP contribution in [0.5, 0.6) is 0 Å². The van der Waals surface area contributed by atoms with E-state index in [1.54, 1.807) is 0 Å². The first kappa shape index (κ1) is 30.7. The quantitative estimate of drug-likeness (QED) is 0.0981. The molecule has 0 radical (unpaired) electrons. The van der Waals surface area contributed by atoms with Crippen LogP contribution in [0.4, 0.5) is 0 Å². The summed E-state index contributed by atoms with van der Waals surface area (Å²) in [5.41, 5.74) is 1.05. The number of ether oxygens (including phenoxy) is 1. The molecule has 0 bridgehead atoms. The van der Waals surface area contributed by atoms with Gasteiger partial charge in [-0.2, -0.15) is 0 Å². The summed E-state index contributed by atoms with van der Waals surface area (Å²) in [6.45, 7) is 19.5. The highest BCUT2D eigenvalue weighted by molar-refractivity contribution is 6.74. The number of esters is 1. The second-order valence-corrected chi connectivity index (χ2v) is 17.0. The van der Waals surface area contributed by atoms with Crippen LogP contribution in [0.15, 0.2) is 77.8 Å². The third kappa shape index (κ3) is 9.08. The van der Waals surface area contributed by atoms with Crippen molar-refractivity contribution < 1.29 is 14.0 Å². The van der Waals surface area contributed by atoms with E-state index in [9.17, 15) is 4.79 Å². The van der Waals surface area contributed by atoms with Gasteiger partial charge in [-0.25, -0.2) is 4.79 Å². The van der Waals surface area contributed by atoms with Crippen molar-refractivity contribution in [2.45, 2.75) is 97.0 Å². The summed E-state index contributed by atoms with van der Waals surface area (Å²) < 4.78 is 12.5. The van der Waals surface area contributed by atoms with Gasteiger partial charge in [-0.1, -0.05) is 93.6 Å². The minimum Gasteiger partial charge on any atom is -0.458 e. The Labute approximate surface area is 226 Å². The number of hydrogen-bond donors (Lipinski definition) is 0. The van der Waals surface area contributed by atoms with E-state index >= 15 is 0 Å². The molecule has 2 aromatic rings. The highest BCUT2D eigenvalue weighted by Gasteiger charge is 2.42. The van der Waals surface area contributed by atoms with Gasteiger partial charge >= 0.3 is 5.97 Å². The van der Waals surface area contributed by atoms with Crippen molar-refractivity contribution in [2.24, 2.45) is 4.99 Å². The van der Waals surface area contributed by atoms with Crippen LogP contribution in [-0.2, 0) is 14.0 Å². The molecule has 0 N–H and O–H groups in total.